The van der Waals surface area contributed by atoms with E-state index in [1.807, 2.05) is 0 Å². The summed E-state index contributed by atoms with van der Waals surface area (Å²) in [4.78, 5) is 12.4. The summed E-state index contributed by atoms with van der Waals surface area (Å²) in [6.45, 7) is 4.11. The smallest absolute Gasteiger partial charge is 0.249 e. The highest BCUT2D eigenvalue weighted by Gasteiger charge is 2.23. The molecule has 0 aromatic heterocycles. The Bertz CT molecular complexity index is 665. The standard InChI is InChI=1S/C40H77NO4/c1-3-5-7-9-11-13-15-16-17-18-19-20-21-22-23-25-27-29-31-33-35-39(44)40(45)41-37(36-42)38(43)34-32-30-28-26-24-14-12-10-8-6-4-2/h5,7,11,13,37-39,42-44H,3-4,6,8-10,12,14-36H2,1-2H3,(H,41,45)/b7-5-,13-11-. The summed E-state index contributed by atoms with van der Waals surface area (Å²) in [5, 5.41) is 33.1. The number of amides is 1. The molecule has 0 bridgehead atoms. The molecule has 5 nitrogen and oxygen atoms in total. The van der Waals surface area contributed by atoms with E-state index in [1.165, 1.54) is 128 Å². The number of carbonyl (C=O) groups is 1. The first-order valence-corrected chi connectivity index (χ1v) is 19.6. The number of hydrogen-bond acceptors (Lipinski definition) is 4. The van der Waals surface area contributed by atoms with Gasteiger partial charge in [0.2, 0.25) is 5.91 Å². The van der Waals surface area contributed by atoms with E-state index in [4.69, 9.17) is 0 Å². The Kier molecular flexibility index (Phi) is 34.8. The summed E-state index contributed by atoms with van der Waals surface area (Å²) in [5.74, 6) is -0.473. The van der Waals surface area contributed by atoms with Crippen molar-refractivity contribution in [3.05, 3.63) is 24.3 Å². The molecule has 0 aromatic rings. The molecule has 0 aliphatic rings. The number of carbonyl (C=O) groups excluding carboxylic acids is 1. The fourth-order valence-electron chi connectivity index (χ4n) is 5.99. The van der Waals surface area contributed by atoms with Crippen LogP contribution in [0.3, 0.4) is 0 Å². The second-order valence-corrected chi connectivity index (χ2v) is 13.5. The van der Waals surface area contributed by atoms with Gasteiger partial charge in [0.15, 0.2) is 0 Å². The van der Waals surface area contributed by atoms with Gasteiger partial charge >= 0.3 is 0 Å². The number of rotatable bonds is 35. The van der Waals surface area contributed by atoms with E-state index in [1.54, 1.807) is 0 Å². The predicted octanol–water partition coefficient (Wildman–Crippen LogP) is 10.7. The van der Waals surface area contributed by atoms with Crippen LogP contribution in [0.25, 0.3) is 0 Å². The van der Waals surface area contributed by atoms with Crippen molar-refractivity contribution in [3.8, 4) is 0 Å². The first-order chi connectivity index (χ1) is 22.1. The minimum Gasteiger partial charge on any atom is -0.394 e. The largest absolute Gasteiger partial charge is 0.394 e. The highest BCUT2D eigenvalue weighted by molar-refractivity contribution is 5.80. The topological polar surface area (TPSA) is 89.8 Å². The maximum Gasteiger partial charge on any atom is 0.249 e. The minimum absolute atomic E-state index is 0.312. The SMILES string of the molecule is CC/C=C\C/C=C\CCCCCCCCCCCCCCCC(O)C(=O)NC(CO)C(O)CCCCCCCCCCCCC. The summed E-state index contributed by atoms with van der Waals surface area (Å²) in [5.41, 5.74) is 0. The van der Waals surface area contributed by atoms with E-state index in [-0.39, 0.29) is 6.61 Å². The van der Waals surface area contributed by atoms with Gasteiger partial charge in [-0.25, -0.2) is 0 Å². The Morgan fingerprint density at radius 2 is 0.978 bits per heavy atom. The van der Waals surface area contributed by atoms with Crippen LogP contribution < -0.4 is 5.32 Å². The number of nitrogens with one attached hydrogen (secondary N) is 1. The molecular weight excluding hydrogens is 558 g/mol. The molecule has 5 heteroatoms. The molecule has 0 aromatic carbocycles. The van der Waals surface area contributed by atoms with Gasteiger partial charge in [-0.3, -0.25) is 4.79 Å². The van der Waals surface area contributed by atoms with Gasteiger partial charge in [0.1, 0.15) is 6.10 Å². The number of allylic oxidation sites excluding steroid dienone is 4. The Hall–Kier alpha value is -1.17. The highest BCUT2D eigenvalue weighted by Crippen LogP contribution is 2.16. The number of hydrogen-bond donors (Lipinski definition) is 4. The lowest BCUT2D eigenvalue weighted by molar-refractivity contribution is -0.131. The van der Waals surface area contributed by atoms with Gasteiger partial charge in [-0.2, -0.15) is 0 Å². The van der Waals surface area contributed by atoms with E-state index in [0.717, 1.165) is 44.9 Å². The molecule has 0 aliphatic carbocycles. The first kappa shape index (κ1) is 43.8. The average molecular weight is 636 g/mol. The highest BCUT2D eigenvalue weighted by atomic mass is 16.3. The third-order valence-electron chi connectivity index (χ3n) is 9.08. The number of aliphatic hydroxyl groups is 3. The van der Waals surface area contributed by atoms with Crippen molar-refractivity contribution < 1.29 is 20.1 Å². The van der Waals surface area contributed by atoms with Crippen molar-refractivity contribution in [2.24, 2.45) is 0 Å². The molecule has 0 rings (SSSR count). The quantitative estimate of drug-likeness (QED) is 0.0412. The second kappa shape index (κ2) is 35.7. The monoisotopic (exact) mass is 636 g/mol. The molecule has 3 unspecified atom stereocenters. The fraction of sp³-hybridized carbons (Fsp3) is 0.875. The van der Waals surface area contributed by atoms with Crippen LogP contribution in [0, 0.1) is 0 Å². The summed E-state index contributed by atoms with van der Waals surface area (Å²) in [6.07, 6.45) is 41.7. The molecule has 266 valence electrons. The van der Waals surface area contributed by atoms with Crippen molar-refractivity contribution in [1.82, 2.24) is 5.32 Å². The van der Waals surface area contributed by atoms with Crippen molar-refractivity contribution in [3.63, 3.8) is 0 Å². The molecule has 1 amide bonds. The van der Waals surface area contributed by atoms with E-state index in [2.05, 4.69) is 43.5 Å². The van der Waals surface area contributed by atoms with Gasteiger partial charge in [0.25, 0.3) is 0 Å². The molecule has 0 saturated carbocycles. The minimum atomic E-state index is -1.07. The first-order valence-electron chi connectivity index (χ1n) is 19.6. The third-order valence-corrected chi connectivity index (χ3v) is 9.08. The summed E-state index contributed by atoms with van der Waals surface area (Å²) in [7, 11) is 0. The number of aliphatic hydroxyl groups excluding tert-OH is 3. The lowest BCUT2D eigenvalue weighted by Gasteiger charge is -2.23. The van der Waals surface area contributed by atoms with Gasteiger partial charge in [0.05, 0.1) is 18.8 Å². The van der Waals surface area contributed by atoms with Crippen molar-refractivity contribution >= 4 is 5.91 Å². The molecular formula is C40H77NO4. The summed E-state index contributed by atoms with van der Waals surface area (Å²) >= 11 is 0. The lowest BCUT2D eigenvalue weighted by Crippen LogP contribution is -2.49. The molecule has 0 saturated heterocycles. The Balaban J connectivity index is 3.61. The van der Waals surface area contributed by atoms with Gasteiger partial charge < -0.3 is 20.6 Å². The van der Waals surface area contributed by atoms with E-state index in [9.17, 15) is 20.1 Å². The maximum atomic E-state index is 12.4. The van der Waals surface area contributed by atoms with E-state index in [0.29, 0.717) is 12.8 Å². The zero-order chi connectivity index (χ0) is 33.1. The van der Waals surface area contributed by atoms with Gasteiger partial charge in [0, 0.05) is 0 Å². The second-order valence-electron chi connectivity index (χ2n) is 13.5. The zero-order valence-electron chi connectivity index (χ0n) is 30.0. The van der Waals surface area contributed by atoms with Crippen molar-refractivity contribution in [2.75, 3.05) is 6.61 Å². The predicted molar refractivity (Wildman–Crippen MR) is 195 cm³/mol. The lowest BCUT2D eigenvalue weighted by atomic mass is 10.0. The Morgan fingerprint density at radius 3 is 1.44 bits per heavy atom. The third kappa shape index (κ3) is 31.2. The van der Waals surface area contributed by atoms with Crippen LogP contribution in [0.2, 0.25) is 0 Å². The van der Waals surface area contributed by atoms with Crippen molar-refractivity contribution in [2.45, 2.75) is 218 Å². The van der Waals surface area contributed by atoms with Crippen LogP contribution >= 0.6 is 0 Å². The van der Waals surface area contributed by atoms with Crippen molar-refractivity contribution in [1.29, 1.82) is 0 Å². The summed E-state index contributed by atoms with van der Waals surface area (Å²) in [6, 6.07) is -0.708. The average Bonchev–Trinajstić information content (AvgIpc) is 3.04. The maximum absolute atomic E-state index is 12.4. The normalized spacial score (nSPS) is 14.0. The van der Waals surface area contributed by atoms with Crippen LogP contribution in [0.5, 0.6) is 0 Å². The van der Waals surface area contributed by atoms with Crippen LogP contribution in [-0.2, 0) is 4.79 Å². The van der Waals surface area contributed by atoms with Crippen LogP contribution in [0.4, 0.5) is 0 Å². The fourth-order valence-corrected chi connectivity index (χ4v) is 5.99. The molecule has 0 spiro atoms. The van der Waals surface area contributed by atoms with E-state index < -0.39 is 24.2 Å². The molecule has 3 atom stereocenters. The number of unbranched alkanes of at least 4 members (excludes halogenated alkanes) is 23. The molecule has 0 heterocycles. The Morgan fingerprint density at radius 1 is 0.556 bits per heavy atom. The summed E-state index contributed by atoms with van der Waals surface area (Å²) < 4.78 is 0. The molecule has 0 radical (unpaired) electrons. The zero-order valence-corrected chi connectivity index (χ0v) is 30.0. The van der Waals surface area contributed by atoms with Crippen LogP contribution in [0.15, 0.2) is 24.3 Å². The van der Waals surface area contributed by atoms with Gasteiger partial charge in [-0.15, -0.1) is 0 Å². The molecule has 0 fully saturated rings. The van der Waals surface area contributed by atoms with Gasteiger partial charge in [-0.1, -0.05) is 186 Å². The Labute approximate surface area is 280 Å². The van der Waals surface area contributed by atoms with Crippen LogP contribution in [0.1, 0.15) is 200 Å². The molecule has 45 heavy (non-hydrogen) atoms. The van der Waals surface area contributed by atoms with Gasteiger partial charge in [-0.05, 0) is 38.5 Å². The van der Waals surface area contributed by atoms with Crippen LogP contribution in [-0.4, -0.2) is 46.1 Å². The van der Waals surface area contributed by atoms with E-state index >= 15 is 0 Å². The molecule has 4 N–H and O–H groups in total. The molecule has 0 aliphatic heterocycles.